The Morgan fingerprint density at radius 3 is 2.32 bits per heavy atom. The zero-order valence-corrected chi connectivity index (χ0v) is 34.3. The molecule has 2 saturated heterocycles. The number of nitrogens with one attached hydrogen (secondary N) is 3. The number of aromatic nitrogens is 2. The van der Waals surface area contributed by atoms with E-state index in [1.807, 2.05) is 76.1 Å². The minimum Gasteiger partial charge on any atom is -0.453 e. The summed E-state index contributed by atoms with van der Waals surface area (Å²) in [6, 6.07) is 18.6. The van der Waals surface area contributed by atoms with Crippen LogP contribution in [0.3, 0.4) is 0 Å². The molecule has 1 aromatic heterocycles. The number of H-pyrrole nitrogens is 1. The summed E-state index contributed by atoms with van der Waals surface area (Å²) in [5.74, 6) is 0.164. The zero-order valence-electron chi connectivity index (χ0n) is 33.5. The Morgan fingerprint density at radius 2 is 1.65 bits per heavy atom. The van der Waals surface area contributed by atoms with Gasteiger partial charge in [-0.25, -0.2) is 14.6 Å². The van der Waals surface area contributed by atoms with Crippen LogP contribution in [0.5, 0.6) is 0 Å². The molecule has 300 valence electrons. The van der Waals surface area contributed by atoms with Crippen LogP contribution in [0.15, 0.2) is 60.7 Å². The summed E-state index contributed by atoms with van der Waals surface area (Å²) in [5.41, 5.74) is 10.7. The van der Waals surface area contributed by atoms with E-state index in [0.29, 0.717) is 30.9 Å². The van der Waals surface area contributed by atoms with Crippen LogP contribution >= 0.6 is 11.8 Å². The van der Waals surface area contributed by atoms with Crippen LogP contribution in [0.4, 0.5) is 21.0 Å². The summed E-state index contributed by atoms with van der Waals surface area (Å²) in [7, 11) is 1.29. The largest absolute Gasteiger partial charge is 0.453 e. The highest BCUT2D eigenvalue weighted by Crippen LogP contribution is 2.37. The van der Waals surface area contributed by atoms with Gasteiger partial charge in [0.05, 0.1) is 35.6 Å². The molecular weight excluding hydrogens is 743 g/mol. The van der Waals surface area contributed by atoms with Crippen LogP contribution in [-0.2, 0) is 19.1 Å². The number of rotatable bonds is 8. The maximum Gasteiger partial charge on any atom is 0.411 e. The first-order valence-corrected chi connectivity index (χ1v) is 20.7. The lowest BCUT2D eigenvalue weighted by Gasteiger charge is -2.29. The number of fused-ring (bicyclic) bond motifs is 4. The molecule has 0 aliphatic carbocycles. The number of aromatic amines is 1. The molecule has 2 aliphatic rings. The number of thioether (sulfide) groups is 1. The Hall–Kier alpha value is -5.50. The Labute approximate surface area is 336 Å². The van der Waals surface area contributed by atoms with Crippen molar-refractivity contribution in [1.82, 2.24) is 25.1 Å². The summed E-state index contributed by atoms with van der Waals surface area (Å²) < 4.78 is 10.4. The van der Waals surface area contributed by atoms with E-state index in [0.717, 1.165) is 62.4 Å². The van der Waals surface area contributed by atoms with Gasteiger partial charge in [0, 0.05) is 29.1 Å². The lowest BCUT2D eigenvalue weighted by molar-refractivity contribution is -0.135. The summed E-state index contributed by atoms with van der Waals surface area (Å²) in [5, 5.41) is 9.57. The molecule has 0 saturated carbocycles. The van der Waals surface area contributed by atoms with E-state index in [1.54, 1.807) is 11.8 Å². The molecule has 13 nitrogen and oxygen atoms in total. The van der Waals surface area contributed by atoms with Crippen molar-refractivity contribution in [1.29, 1.82) is 0 Å². The number of amides is 4. The Kier molecular flexibility index (Phi) is 11.0. The van der Waals surface area contributed by atoms with Gasteiger partial charge >= 0.3 is 12.2 Å². The van der Waals surface area contributed by atoms with Crippen molar-refractivity contribution < 1.29 is 28.7 Å². The van der Waals surface area contributed by atoms with Gasteiger partial charge in [-0.3, -0.25) is 14.5 Å². The lowest BCUT2D eigenvalue weighted by Crippen LogP contribution is -2.51. The number of anilines is 2. The standard InChI is InChI=1S/C43H51N7O6S/c1-23(2)36(48-41(53)55-6)40(52)49-18-8-9-33(49)38-45-32-17-13-27-20-25(11-15-30(27)37(32)47-38)24-10-14-29-26(19-24)12-16-31(35(29)44)46-39(51)34-21-28(57-7)22-50(34)42(54)56-43(3,4)5/h10-17,19-20,23,28,33-34,36H,8-9,18,21-22,44H2,1-7H3,(H,45,47)(H,46,51)(H,48,53)/t28-,33-,34-,36?/m0/s1. The maximum absolute atomic E-state index is 13.7. The second-order valence-electron chi connectivity index (χ2n) is 16.3. The highest BCUT2D eigenvalue weighted by atomic mass is 32.2. The first-order valence-electron chi connectivity index (χ1n) is 19.4. The molecule has 2 aliphatic heterocycles. The number of likely N-dealkylation sites (tertiary alicyclic amines) is 2. The normalized spacial score (nSPS) is 19.1. The van der Waals surface area contributed by atoms with Crippen molar-refractivity contribution >= 4 is 79.7 Å². The number of ether oxygens (including phenoxy) is 2. The van der Waals surface area contributed by atoms with Crippen LogP contribution in [0.1, 0.15) is 65.7 Å². The first kappa shape index (κ1) is 39.7. The van der Waals surface area contributed by atoms with E-state index in [1.165, 1.54) is 12.0 Å². The van der Waals surface area contributed by atoms with E-state index in [-0.39, 0.29) is 29.0 Å². The smallest absolute Gasteiger partial charge is 0.411 e. The molecule has 2 fully saturated rings. The van der Waals surface area contributed by atoms with Gasteiger partial charge in [-0.05, 0) is 98.4 Å². The number of nitrogens with two attached hydrogens (primary N) is 1. The number of carbonyl (C=O) groups excluding carboxylic acids is 4. The lowest BCUT2D eigenvalue weighted by atomic mass is 9.97. The van der Waals surface area contributed by atoms with Gasteiger partial charge < -0.3 is 35.7 Å². The van der Waals surface area contributed by atoms with E-state index in [4.69, 9.17) is 20.2 Å². The highest BCUT2D eigenvalue weighted by molar-refractivity contribution is 7.99. The molecular formula is C43H51N7O6S. The summed E-state index contributed by atoms with van der Waals surface area (Å²) in [6.45, 7) is 10.3. The van der Waals surface area contributed by atoms with E-state index >= 15 is 0 Å². The van der Waals surface area contributed by atoms with Gasteiger partial charge in [0.1, 0.15) is 23.5 Å². The number of benzene rings is 4. The van der Waals surface area contributed by atoms with Gasteiger partial charge in [-0.15, -0.1) is 0 Å². The molecule has 0 spiro atoms. The van der Waals surface area contributed by atoms with Crippen molar-refractivity contribution in [2.75, 3.05) is 37.5 Å². The molecule has 3 heterocycles. The van der Waals surface area contributed by atoms with Gasteiger partial charge in [-0.2, -0.15) is 11.8 Å². The summed E-state index contributed by atoms with van der Waals surface area (Å²) in [6.07, 6.45) is 2.98. The first-order chi connectivity index (χ1) is 27.1. The SMILES string of the molecule is COC(=O)NC(C(=O)N1CCC[C@H]1c1nc2c(ccc3cc(-c4ccc5c(N)c(NC(=O)[C@@H]6C[C@H](SC)CN6C(=O)OC(C)(C)C)ccc5c4)ccc32)[nH]1)C(C)C. The van der Waals surface area contributed by atoms with Gasteiger partial charge in [0.15, 0.2) is 0 Å². The summed E-state index contributed by atoms with van der Waals surface area (Å²) >= 11 is 1.63. The highest BCUT2D eigenvalue weighted by Gasteiger charge is 2.42. The zero-order chi connectivity index (χ0) is 40.8. The van der Waals surface area contributed by atoms with Crippen molar-refractivity contribution in [3.63, 3.8) is 0 Å². The third kappa shape index (κ3) is 8.05. The summed E-state index contributed by atoms with van der Waals surface area (Å²) in [4.78, 5) is 64.2. The van der Waals surface area contributed by atoms with Crippen LogP contribution in [0, 0.1) is 5.92 Å². The minimum atomic E-state index is -0.704. The van der Waals surface area contributed by atoms with Crippen molar-refractivity contribution in [2.24, 2.45) is 5.92 Å². The van der Waals surface area contributed by atoms with Gasteiger partial charge in [-0.1, -0.05) is 50.2 Å². The van der Waals surface area contributed by atoms with Gasteiger partial charge in [0.2, 0.25) is 11.8 Å². The Bertz CT molecular complexity index is 2370. The fraction of sp³-hybridized carbons (Fsp3) is 0.419. The third-order valence-corrected chi connectivity index (χ3v) is 11.9. The topological polar surface area (TPSA) is 172 Å². The molecule has 5 aromatic rings. The van der Waals surface area contributed by atoms with E-state index in [2.05, 4.69) is 45.9 Å². The molecule has 4 aromatic carbocycles. The Morgan fingerprint density at radius 1 is 0.965 bits per heavy atom. The van der Waals surface area contributed by atoms with Crippen LogP contribution in [0.25, 0.3) is 43.7 Å². The van der Waals surface area contributed by atoms with Crippen LogP contribution < -0.4 is 16.4 Å². The number of imidazole rings is 1. The molecule has 7 rings (SSSR count). The molecule has 0 radical (unpaired) electrons. The molecule has 1 unspecified atom stereocenters. The quantitative estimate of drug-likeness (QED) is 0.114. The monoisotopic (exact) mass is 793 g/mol. The van der Waals surface area contributed by atoms with E-state index in [9.17, 15) is 19.2 Å². The number of carbonyl (C=O) groups is 4. The van der Waals surface area contributed by atoms with E-state index < -0.39 is 29.9 Å². The average molecular weight is 794 g/mol. The van der Waals surface area contributed by atoms with Crippen LogP contribution in [0.2, 0.25) is 0 Å². The minimum absolute atomic E-state index is 0.119. The van der Waals surface area contributed by atoms with Crippen molar-refractivity contribution in [2.45, 2.75) is 82.9 Å². The maximum atomic E-state index is 13.7. The number of methoxy groups -OCH3 is 1. The molecule has 5 N–H and O–H groups in total. The molecule has 57 heavy (non-hydrogen) atoms. The fourth-order valence-corrected chi connectivity index (χ4v) is 8.63. The van der Waals surface area contributed by atoms with Crippen LogP contribution in [-0.4, -0.2) is 93.2 Å². The number of alkyl carbamates (subject to hydrolysis) is 1. The Balaban J connectivity index is 1.10. The second kappa shape index (κ2) is 15.8. The predicted molar refractivity (Wildman–Crippen MR) is 226 cm³/mol. The fourth-order valence-electron chi connectivity index (χ4n) is 7.95. The molecule has 0 bridgehead atoms. The number of nitrogens with zero attached hydrogens (tertiary/aromatic N) is 3. The molecule has 4 amide bonds. The number of nitrogen functional groups attached to an aromatic ring is 1. The van der Waals surface area contributed by atoms with Crippen molar-refractivity contribution in [3.8, 4) is 11.1 Å². The predicted octanol–water partition coefficient (Wildman–Crippen LogP) is 7.84. The third-order valence-electron chi connectivity index (χ3n) is 10.9. The average Bonchev–Trinajstić information content (AvgIpc) is 3.95. The van der Waals surface area contributed by atoms with Gasteiger partial charge in [0.25, 0.3) is 0 Å². The second-order valence-corrected chi connectivity index (χ2v) is 17.4. The molecule has 14 heteroatoms. The van der Waals surface area contributed by atoms with Crippen molar-refractivity contribution in [3.05, 3.63) is 66.5 Å². The number of hydrogen-bond acceptors (Lipinski definition) is 9. The number of hydrogen-bond donors (Lipinski definition) is 4. The molecule has 4 atom stereocenters.